The third-order valence-corrected chi connectivity index (χ3v) is 2.89. The second kappa shape index (κ2) is 7.49. The molecule has 0 atom stereocenters. The minimum atomic E-state index is -2.91. The Balaban J connectivity index is 2.30. The van der Waals surface area contributed by atoms with Crippen LogP contribution in [-0.2, 0) is 0 Å². The first-order valence-corrected chi connectivity index (χ1v) is 6.91. The first-order chi connectivity index (χ1) is 11.4. The van der Waals surface area contributed by atoms with Crippen molar-refractivity contribution in [2.24, 2.45) is 0 Å². The Hall–Kier alpha value is -3.03. The molecule has 2 rings (SSSR count). The van der Waals surface area contributed by atoms with Gasteiger partial charge in [0.25, 0.3) is 0 Å². The molecule has 0 fully saturated rings. The highest BCUT2D eigenvalue weighted by atomic mass is 19.3. The molecule has 1 heterocycles. The average Bonchev–Trinajstić information content (AvgIpc) is 2.53. The van der Waals surface area contributed by atoms with E-state index in [1.54, 1.807) is 19.0 Å². The van der Waals surface area contributed by atoms with Crippen molar-refractivity contribution in [1.29, 1.82) is 0 Å². The first kappa shape index (κ1) is 17.3. The minimum Gasteiger partial charge on any atom is -0.435 e. The monoisotopic (exact) mass is 335 g/mol. The van der Waals surface area contributed by atoms with Gasteiger partial charge in [0.2, 0.25) is 11.2 Å². The molecule has 0 saturated carbocycles. The van der Waals surface area contributed by atoms with Gasteiger partial charge in [-0.3, -0.25) is 9.59 Å². The number of nitrogens with zero attached hydrogens (tertiary/aromatic N) is 3. The fourth-order valence-electron chi connectivity index (χ4n) is 1.80. The Labute approximate surface area is 136 Å². The lowest BCUT2D eigenvalue weighted by molar-refractivity contribution is -0.0498. The number of hydrogen-bond acceptors (Lipinski definition) is 5. The lowest BCUT2D eigenvalue weighted by Crippen LogP contribution is -2.20. The molecule has 0 aliphatic carbocycles. The van der Waals surface area contributed by atoms with E-state index in [1.807, 2.05) is 0 Å². The molecule has 0 bridgehead atoms. The Morgan fingerprint density at radius 3 is 2.50 bits per heavy atom. The molecule has 0 amide bonds. The third-order valence-electron chi connectivity index (χ3n) is 2.89. The van der Waals surface area contributed by atoms with Gasteiger partial charge < -0.3 is 9.64 Å². The Bertz CT molecular complexity index is 799. The summed E-state index contributed by atoms with van der Waals surface area (Å²) >= 11 is 0. The number of aromatic nitrogens is 2. The second-order valence-corrected chi connectivity index (χ2v) is 4.99. The summed E-state index contributed by atoms with van der Waals surface area (Å²) in [6.07, 6.45) is 4.14. The van der Waals surface area contributed by atoms with Crippen molar-refractivity contribution in [1.82, 2.24) is 14.7 Å². The van der Waals surface area contributed by atoms with E-state index < -0.39 is 17.8 Å². The third kappa shape index (κ3) is 4.48. The molecular weight excluding hydrogens is 320 g/mol. The molecule has 1 aromatic heterocycles. The fraction of sp³-hybridized carbons (Fsp3) is 0.188. The minimum absolute atomic E-state index is 0.0000104. The first-order valence-electron chi connectivity index (χ1n) is 6.91. The zero-order chi connectivity index (χ0) is 17.7. The van der Waals surface area contributed by atoms with Crippen LogP contribution in [0.25, 0.3) is 5.69 Å². The van der Waals surface area contributed by atoms with E-state index in [0.29, 0.717) is 5.69 Å². The van der Waals surface area contributed by atoms with Crippen LogP contribution in [0.3, 0.4) is 0 Å². The molecule has 0 spiro atoms. The summed E-state index contributed by atoms with van der Waals surface area (Å²) in [5.41, 5.74) is -0.247. The molecule has 0 aliphatic heterocycles. The predicted molar refractivity (Wildman–Crippen MR) is 83.6 cm³/mol. The van der Waals surface area contributed by atoms with Gasteiger partial charge in [0.1, 0.15) is 5.75 Å². The normalized spacial score (nSPS) is 11.0. The van der Waals surface area contributed by atoms with Crippen molar-refractivity contribution in [2.75, 3.05) is 14.1 Å². The SMILES string of the molecule is CN(C)C=CC(=O)c1nn(-c2ccc(OC(F)F)cc2)ccc1=O. The largest absolute Gasteiger partial charge is 0.435 e. The number of carbonyl (C=O) groups excluding carboxylic acids is 1. The maximum atomic E-state index is 12.1. The van der Waals surface area contributed by atoms with Crippen LogP contribution in [0.15, 0.2) is 53.6 Å². The number of ether oxygens (including phenoxy) is 1. The molecule has 0 N–H and O–H groups in total. The van der Waals surface area contributed by atoms with Gasteiger partial charge in [-0.05, 0) is 24.3 Å². The predicted octanol–water partition coefficient (Wildman–Crippen LogP) is 2.09. The van der Waals surface area contributed by atoms with E-state index in [2.05, 4.69) is 9.84 Å². The summed E-state index contributed by atoms with van der Waals surface area (Å²) in [4.78, 5) is 25.5. The molecule has 8 heteroatoms. The molecule has 0 radical (unpaired) electrons. The highest BCUT2D eigenvalue weighted by Crippen LogP contribution is 2.16. The number of benzene rings is 1. The maximum absolute atomic E-state index is 12.1. The number of hydrogen-bond donors (Lipinski definition) is 0. The quantitative estimate of drug-likeness (QED) is 0.597. The van der Waals surface area contributed by atoms with Crippen LogP contribution in [0.5, 0.6) is 5.75 Å². The zero-order valence-electron chi connectivity index (χ0n) is 13.0. The van der Waals surface area contributed by atoms with Crippen molar-refractivity contribution < 1.29 is 18.3 Å². The van der Waals surface area contributed by atoms with Gasteiger partial charge in [0.05, 0.1) is 5.69 Å². The van der Waals surface area contributed by atoms with E-state index in [1.165, 1.54) is 53.5 Å². The van der Waals surface area contributed by atoms with Crippen LogP contribution in [0.4, 0.5) is 8.78 Å². The lowest BCUT2D eigenvalue weighted by atomic mass is 10.2. The van der Waals surface area contributed by atoms with Crippen LogP contribution in [0.1, 0.15) is 10.5 Å². The van der Waals surface area contributed by atoms with E-state index in [4.69, 9.17) is 0 Å². The topological polar surface area (TPSA) is 64.4 Å². The molecule has 0 aliphatic rings. The van der Waals surface area contributed by atoms with E-state index >= 15 is 0 Å². The number of alkyl halides is 2. The highest BCUT2D eigenvalue weighted by Gasteiger charge is 2.11. The maximum Gasteiger partial charge on any atom is 0.387 e. The summed E-state index contributed by atoms with van der Waals surface area (Å²) in [6.45, 7) is -2.91. The van der Waals surface area contributed by atoms with Crippen molar-refractivity contribution in [3.05, 3.63) is 64.7 Å². The molecule has 1 aromatic carbocycles. The highest BCUT2D eigenvalue weighted by molar-refractivity contribution is 6.02. The van der Waals surface area contributed by atoms with Crippen LogP contribution >= 0.6 is 0 Å². The van der Waals surface area contributed by atoms with Crippen LogP contribution in [0, 0.1) is 0 Å². The molecule has 0 saturated heterocycles. The number of ketones is 1. The van der Waals surface area contributed by atoms with E-state index in [0.717, 1.165) is 0 Å². The molecule has 2 aromatic rings. The van der Waals surface area contributed by atoms with Crippen LogP contribution < -0.4 is 10.2 Å². The van der Waals surface area contributed by atoms with E-state index in [-0.39, 0.29) is 11.4 Å². The molecule has 126 valence electrons. The molecule has 6 nitrogen and oxygen atoms in total. The standard InChI is InChI=1S/C16H15F2N3O3/c1-20(2)9-7-13(22)15-14(23)8-10-21(19-15)11-3-5-12(6-4-11)24-16(17)18/h3-10,16H,1-2H3. The lowest BCUT2D eigenvalue weighted by Gasteiger charge is -2.08. The van der Waals surface area contributed by atoms with Gasteiger partial charge in [-0.25, -0.2) is 4.68 Å². The number of allylic oxidation sites excluding steroid dienone is 1. The van der Waals surface area contributed by atoms with Gasteiger partial charge >= 0.3 is 6.61 Å². The average molecular weight is 335 g/mol. The molecular formula is C16H15F2N3O3. The molecule has 24 heavy (non-hydrogen) atoms. The Morgan fingerprint density at radius 2 is 1.92 bits per heavy atom. The number of rotatable bonds is 6. The zero-order valence-corrected chi connectivity index (χ0v) is 13.0. The number of carbonyl (C=O) groups is 1. The van der Waals surface area contributed by atoms with Gasteiger partial charge in [0, 0.05) is 38.6 Å². The summed E-state index contributed by atoms with van der Waals surface area (Å²) in [7, 11) is 3.48. The van der Waals surface area contributed by atoms with Crippen molar-refractivity contribution in [2.45, 2.75) is 6.61 Å². The Kier molecular flexibility index (Phi) is 5.41. The van der Waals surface area contributed by atoms with Crippen LogP contribution in [-0.4, -0.2) is 41.2 Å². The summed E-state index contributed by atoms with van der Waals surface area (Å²) in [6, 6.07) is 6.87. The second-order valence-electron chi connectivity index (χ2n) is 4.99. The van der Waals surface area contributed by atoms with Crippen molar-refractivity contribution in [3.63, 3.8) is 0 Å². The van der Waals surface area contributed by atoms with Gasteiger partial charge in [0.15, 0.2) is 5.69 Å². The van der Waals surface area contributed by atoms with Crippen molar-refractivity contribution in [3.8, 4) is 11.4 Å². The van der Waals surface area contributed by atoms with Crippen LogP contribution in [0.2, 0.25) is 0 Å². The Morgan fingerprint density at radius 1 is 1.25 bits per heavy atom. The number of halogens is 2. The summed E-state index contributed by atoms with van der Waals surface area (Å²) in [5.74, 6) is -0.527. The smallest absolute Gasteiger partial charge is 0.387 e. The van der Waals surface area contributed by atoms with Gasteiger partial charge in [-0.1, -0.05) is 0 Å². The fourth-order valence-corrected chi connectivity index (χ4v) is 1.80. The summed E-state index contributed by atoms with van der Waals surface area (Å²) < 4.78 is 29.8. The van der Waals surface area contributed by atoms with Crippen molar-refractivity contribution >= 4 is 5.78 Å². The van der Waals surface area contributed by atoms with Gasteiger partial charge in [-0.2, -0.15) is 13.9 Å². The molecule has 0 unspecified atom stereocenters. The van der Waals surface area contributed by atoms with Gasteiger partial charge in [-0.15, -0.1) is 0 Å². The van der Waals surface area contributed by atoms with E-state index in [9.17, 15) is 18.4 Å². The summed E-state index contributed by atoms with van der Waals surface area (Å²) in [5, 5.41) is 4.01.